The summed E-state index contributed by atoms with van der Waals surface area (Å²) in [5, 5.41) is 22.7. The molecule has 0 saturated heterocycles. The topological polar surface area (TPSA) is 91.2 Å². The number of hydrogen-bond acceptors (Lipinski definition) is 5. The summed E-state index contributed by atoms with van der Waals surface area (Å²) in [4.78, 5) is 11.8. The van der Waals surface area contributed by atoms with Crippen LogP contribution in [-0.2, 0) is 11.2 Å². The van der Waals surface area contributed by atoms with Gasteiger partial charge in [-0.2, -0.15) is 5.10 Å². The molecule has 0 aromatic heterocycles. The molecule has 0 aliphatic heterocycles. The van der Waals surface area contributed by atoms with Crippen LogP contribution in [0.5, 0.6) is 17.2 Å². The number of methoxy groups -OCH3 is 1. The van der Waals surface area contributed by atoms with Gasteiger partial charge in [-0.25, -0.2) is 5.43 Å². The molecule has 0 heterocycles. The van der Waals surface area contributed by atoms with Crippen molar-refractivity contribution in [1.82, 2.24) is 5.43 Å². The molecule has 0 fully saturated rings. The molecule has 2 aromatic carbocycles. The van der Waals surface area contributed by atoms with Crippen molar-refractivity contribution in [3.8, 4) is 17.2 Å². The lowest BCUT2D eigenvalue weighted by molar-refractivity contribution is -0.120. The molecule has 2 rings (SSSR count). The Hall–Kier alpha value is -2.44. The van der Waals surface area contributed by atoms with Crippen LogP contribution in [0.3, 0.4) is 0 Å². The Morgan fingerprint density at radius 3 is 2.54 bits per heavy atom. The number of benzene rings is 2. The van der Waals surface area contributed by atoms with Crippen molar-refractivity contribution in [3.63, 3.8) is 0 Å². The van der Waals surface area contributed by atoms with Gasteiger partial charge in [0.15, 0.2) is 5.75 Å². The van der Waals surface area contributed by atoms with Crippen molar-refractivity contribution in [1.29, 1.82) is 0 Å². The number of phenolic OH excluding ortho intramolecular Hbond substituents is 2. The van der Waals surface area contributed by atoms with E-state index in [1.54, 1.807) is 31.4 Å². The molecule has 2 aromatic rings. The minimum atomic E-state index is -0.420. The van der Waals surface area contributed by atoms with Gasteiger partial charge in [-0.1, -0.05) is 35.3 Å². The van der Waals surface area contributed by atoms with Gasteiger partial charge in [0, 0.05) is 5.56 Å². The van der Waals surface area contributed by atoms with Crippen LogP contribution < -0.4 is 10.2 Å². The number of nitrogens with one attached hydrogen (secondary N) is 1. The number of hydrazone groups is 1. The summed E-state index contributed by atoms with van der Waals surface area (Å²) in [6, 6.07) is 8.33. The Kier molecular flexibility index (Phi) is 5.89. The predicted octanol–water partition coefficient (Wildman–Crippen LogP) is 3.11. The average Bonchev–Trinajstić information content (AvgIpc) is 2.58. The van der Waals surface area contributed by atoms with E-state index in [2.05, 4.69) is 10.5 Å². The van der Waals surface area contributed by atoms with Gasteiger partial charge in [0.2, 0.25) is 5.91 Å². The largest absolute Gasteiger partial charge is 0.506 e. The molecule has 0 bridgehead atoms. The minimum absolute atomic E-state index is 0.0381. The second-order valence-corrected chi connectivity index (χ2v) is 5.56. The van der Waals surface area contributed by atoms with Crippen LogP contribution in [0.15, 0.2) is 35.4 Å². The zero-order valence-corrected chi connectivity index (χ0v) is 14.1. The normalized spacial score (nSPS) is 10.8. The van der Waals surface area contributed by atoms with E-state index in [4.69, 9.17) is 27.9 Å². The first kappa shape index (κ1) is 17.9. The lowest BCUT2D eigenvalue weighted by Gasteiger charge is -2.06. The van der Waals surface area contributed by atoms with Gasteiger partial charge in [-0.05, 0) is 23.8 Å². The smallest absolute Gasteiger partial charge is 0.244 e. The van der Waals surface area contributed by atoms with Crippen LogP contribution in [0.1, 0.15) is 11.1 Å². The summed E-state index contributed by atoms with van der Waals surface area (Å²) in [5.41, 5.74) is 3.28. The third-order valence-corrected chi connectivity index (χ3v) is 3.76. The minimum Gasteiger partial charge on any atom is -0.506 e. The van der Waals surface area contributed by atoms with Gasteiger partial charge in [-0.15, -0.1) is 0 Å². The first-order chi connectivity index (χ1) is 11.4. The number of nitrogens with zero attached hydrogens (tertiary/aromatic N) is 1. The van der Waals surface area contributed by atoms with E-state index in [9.17, 15) is 15.0 Å². The molecule has 0 saturated carbocycles. The van der Waals surface area contributed by atoms with Crippen molar-refractivity contribution in [2.45, 2.75) is 6.42 Å². The van der Waals surface area contributed by atoms with E-state index >= 15 is 0 Å². The van der Waals surface area contributed by atoms with Crippen molar-refractivity contribution >= 4 is 35.3 Å². The second-order valence-electron chi connectivity index (χ2n) is 4.78. The van der Waals surface area contributed by atoms with Crippen LogP contribution in [0, 0.1) is 0 Å². The maximum atomic E-state index is 11.8. The highest BCUT2D eigenvalue weighted by atomic mass is 35.5. The molecule has 0 atom stereocenters. The fourth-order valence-electron chi connectivity index (χ4n) is 1.86. The van der Waals surface area contributed by atoms with E-state index in [-0.39, 0.29) is 33.7 Å². The maximum absolute atomic E-state index is 11.8. The Bertz CT molecular complexity index is 777. The molecule has 126 valence electrons. The lowest BCUT2D eigenvalue weighted by atomic mass is 10.1. The van der Waals surface area contributed by atoms with Crippen LogP contribution in [0.4, 0.5) is 0 Å². The molecule has 6 nitrogen and oxygen atoms in total. The van der Waals surface area contributed by atoms with Crippen LogP contribution >= 0.6 is 23.2 Å². The molecule has 0 aliphatic carbocycles. The Labute approximate surface area is 148 Å². The van der Waals surface area contributed by atoms with Gasteiger partial charge < -0.3 is 14.9 Å². The molecule has 0 spiro atoms. The summed E-state index contributed by atoms with van der Waals surface area (Å²) < 4.78 is 5.04. The quantitative estimate of drug-likeness (QED) is 0.558. The molecule has 3 N–H and O–H groups in total. The lowest BCUT2D eigenvalue weighted by Crippen LogP contribution is -2.19. The van der Waals surface area contributed by atoms with Crippen LogP contribution in [0.25, 0.3) is 0 Å². The highest BCUT2D eigenvalue weighted by molar-refractivity contribution is 6.38. The summed E-state index contributed by atoms with van der Waals surface area (Å²) >= 11 is 11.5. The number of halogens is 2. The maximum Gasteiger partial charge on any atom is 0.244 e. The van der Waals surface area contributed by atoms with Gasteiger partial charge in [0.1, 0.15) is 16.5 Å². The molecule has 0 radical (unpaired) electrons. The molecule has 1 amide bonds. The zero-order valence-electron chi connectivity index (χ0n) is 12.6. The van der Waals surface area contributed by atoms with Gasteiger partial charge in [0.25, 0.3) is 0 Å². The summed E-state index contributed by atoms with van der Waals surface area (Å²) in [6.45, 7) is 0. The highest BCUT2D eigenvalue weighted by Crippen LogP contribution is 2.40. The molecule has 24 heavy (non-hydrogen) atoms. The van der Waals surface area contributed by atoms with E-state index in [1.165, 1.54) is 12.3 Å². The summed E-state index contributed by atoms with van der Waals surface area (Å²) in [6.07, 6.45) is 1.31. The third-order valence-electron chi connectivity index (χ3n) is 3.11. The monoisotopic (exact) mass is 368 g/mol. The standard InChI is InChI=1S/C16H14Cl2N2O4/c1-24-11-4-2-9(3-5-11)6-13(21)20-19-8-10-7-12(17)16(23)14(18)15(10)22/h2-5,7-8,22-23H,6H2,1H3,(H,20,21)/b19-8-. The molecular formula is C16H14Cl2N2O4. The van der Waals surface area contributed by atoms with Crippen molar-refractivity contribution in [3.05, 3.63) is 51.5 Å². The Balaban J connectivity index is 1.99. The SMILES string of the molecule is COc1ccc(CC(=O)N/N=C\c2cc(Cl)c(O)c(Cl)c2O)cc1. The molecule has 0 unspecified atom stereocenters. The van der Waals surface area contributed by atoms with Gasteiger partial charge in [-0.3, -0.25) is 4.79 Å². The van der Waals surface area contributed by atoms with Gasteiger partial charge in [0.05, 0.1) is 24.8 Å². The summed E-state index contributed by atoms with van der Waals surface area (Å²) in [7, 11) is 1.56. The van der Waals surface area contributed by atoms with Crippen LogP contribution in [-0.4, -0.2) is 29.4 Å². The van der Waals surface area contributed by atoms with E-state index < -0.39 is 5.75 Å². The number of rotatable bonds is 5. The third kappa shape index (κ3) is 4.31. The fourth-order valence-corrected chi connectivity index (χ4v) is 2.33. The van der Waals surface area contributed by atoms with Crippen LogP contribution in [0.2, 0.25) is 10.0 Å². The first-order valence-electron chi connectivity index (χ1n) is 6.77. The Morgan fingerprint density at radius 1 is 1.25 bits per heavy atom. The first-order valence-corrected chi connectivity index (χ1v) is 7.52. The number of hydrogen-bond donors (Lipinski definition) is 3. The predicted molar refractivity (Wildman–Crippen MR) is 92.2 cm³/mol. The number of amides is 1. The van der Waals surface area contributed by atoms with E-state index in [0.29, 0.717) is 5.75 Å². The van der Waals surface area contributed by atoms with E-state index in [1.807, 2.05) is 0 Å². The molecule has 8 heteroatoms. The van der Waals surface area contributed by atoms with E-state index in [0.717, 1.165) is 5.56 Å². The van der Waals surface area contributed by atoms with Crippen molar-refractivity contribution < 1.29 is 19.7 Å². The van der Waals surface area contributed by atoms with Crippen molar-refractivity contribution in [2.75, 3.05) is 7.11 Å². The summed E-state index contributed by atoms with van der Waals surface area (Å²) in [5.74, 6) is -0.441. The highest BCUT2D eigenvalue weighted by Gasteiger charge is 2.13. The number of ether oxygens (including phenoxy) is 1. The second kappa shape index (κ2) is 7.90. The number of carbonyl (C=O) groups excluding carboxylic acids is 1. The zero-order chi connectivity index (χ0) is 17.7. The Morgan fingerprint density at radius 2 is 1.92 bits per heavy atom. The number of carbonyl (C=O) groups is 1. The van der Waals surface area contributed by atoms with Crippen molar-refractivity contribution in [2.24, 2.45) is 5.10 Å². The average molecular weight is 369 g/mol. The number of phenols is 2. The van der Waals surface area contributed by atoms with Gasteiger partial charge >= 0.3 is 0 Å². The molecular weight excluding hydrogens is 355 g/mol. The fraction of sp³-hybridized carbons (Fsp3) is 0.125. The molecule has 0 aliphatic rings. The number of aromatic hydroxyl groups is 2.